The number of hydrogen-bond donors (Lipinski definition) is 3. The van der Waals surface area contributed by atoms with E-state index in [-0.39, 0.29) is 18.0 Å². The van der Waals surface area contributed by atoms with Crippen LogP contribution in [0.1, 0.15) is 57.1 Å². The summed E-state index contributed by atoms with van der Waals surface area (Å²) in [5.41, 5.74) is 4.57. The van der Waals surface area contributed by atoms with Crippen LogP contribution >= 0.6 is 0 Å². The van der Waals surface area contributed by atoms with Gasteiger partial charge >= 0.3 is 0 Å². The summed E-state index contributed by atoms with van der Waals surface area (Å²) < 4.78 is 40.9. The van der Waals surface area contributed by atoms with Gasteiger partial charge in [-0.3, -0.25) is 4.68 Å². The number of nitrogens with zero attached hydrogens (tertiary/aromatic N) is 7. The van der Waals surface area contributed by atoms with E-state index in [1.165, 1.54) is 24.5 Å². The highest BCUT2D eigenvalue weighted by atomic mass is 32.2. The summed E-state index contributed by atoms with van der Waals surface area (Å²) in [6, 6.07) is 6.53. The van der Waals surface area contributed by atoms with Crippen LogP contribution in [0.15, 0.2) is 43.0 Å². The van der Waals surface area contributed by atoms with E-state index in [1.807, 2.05) is 12.3 Å². The van der Waals surface area contributed by atoms with E-state index in [4.69, 9.17) is 10.1 Å². The number of nitrogens with one attached hydrogen (secondary N) is 3. The summed E-state index contributed by atoms with van der Waals surface area (Å²) in [7, 11) is -3.47. The number of aromatic nitrogens is 7. The van der Waals surface area contributed by atoms with Crippen molar-refractivity contribution < 1.29 is 12.8 Å². The molecule has 0 atom stereocenters. The first-order valence-corrected chi connectivity index (χ1v) is 17.0. The van der Waals surface area contributed by atoms with Gasteiger partial charge in [0.2, 0.25) is 0 Å². The van der Waals surface area contributed by atoms with E-state index in [9.17, 15) is 12.8 Å². The van der Waals surface area contributed by atoms with Crippen molar-refractivity contribution in [1.82, 2.24) is 39.2 Å². The third kappa shape index (κ3) is 6.18. The van der Waals surface area contributed by atoms with E-state index >= 15 is 0 Å². The molecule has 1 aliphatic heterocycles. The van der Waals surface area contributed by atoms with Crippen LogP contribution in [0.3, 0.4) is 0 Å². The summed E-state index contributed by atoms with van der Waals surface area (Å²) in [6.45, 7) is 0.995. The SMILES string of the molecule is O=S(=O)(C1CC1)n1cc(-c2nccc(Nc3cc(NC4CCC(NCCF)CC4)c(-c4cc5n(n4)CCCC5)cn3)n2)cn1. The van der Waals surface area contributed by atoms with Gasteiger partial charge in [-0.2, -0.15) is 14.3 Å². The van der Waals surface area contributed by atoms with Gasteiger partial charge in [-0.15, -0.1) is 0 Å². The molecule has 0 aromatic carbocycles. The van der Waals surface area contributed by atoms with Crippen molar-refractivity contribution in [3.63, 3.8) is 0 Å². The maximum Gasteiger partial charge on any atom is 0.256 e. The maximum atomic E-state index is 12.7. The first-order chi connectivity index (χ1) is 21.5. The predicted molar refractivity (Wildman–Crippen MR) is 166 cm³/mol. The fraction of sp³-hybridized carbons (Fsp3) is 0.500. The van der Waals surface area contributed by atoms with Gasteiger partial charge in [-0.1, -0.05) is 0 Å². The Morgan fingerprint density at radius 2 is 1.82 bits per heavy atom. The molecule has 12 nitrogen and oxygen atoms in total. The van der Waals surface area contributed by atoms with Crippen LogP contribution in [-0.2, 0) is 23.0 Å². The number of hydrogen-bond acceptors (Lipinski definition) is 10. The topological polar surface area (TPSA) is 145 Å². The average Bonchev–Trinajstić information content (AvgIpc) is 3.63. The van der Waals surface area contributed by atoms with Gasteiger partial charge in [-0.25, -0.2) is 27.8 Å². The van der Waals surface area contributed by atoms with E-state index in [0.29, 0.717) is 48.5 Å². The zero-order chi connectivity index (χ0) is 30.1. The molecule has 3 aliphatic rings. The molecule has 2 fully saturated rings. The summed E-state index contributed by atoms with van der Waals surface area (Å²) >= 11 is 0. The number of fused-ring (bicyclic) bond motifs is 1. The lowest BCUT2D eigenvalue weighted by Gasteiger charge is -2.30. The van der Waals surface area contributed by atoms with Crippen molar-refractivity contribution in [2.45, 2.75) is 81.7 Å². The smallest absolute Gasteiger partial charge is 0.256 e. The predicted octanol–water partition coefficient (Wildman–Crippen LogP) is 4.30. The maximum absolute atomic E-state index is 12.7. The molecule has 0 saturated heterocycles. The number of halogens is 1. The van der Waals surface area contributed by atoms with Crippen molar-refractivity contribution in [2.24, 2.45) is 0 Å². The Labute approximate surface area is 256 Å². The van der Waals surface area contributed by atoms with Gasteiger partial charge < -0.3 is 16.0 Å². The number of alkyl halides is 1. The molecule has 3 N–H and O–H groups in total. The van der Waals surface area contributed by atoms with Crippen molar-refractivity contribution in [3.8, 4) is 22.6 Å². The fourth-order valence-electron chi connectivity index (χ4n) is 6.09. The molecule has 232 valence electrons. The Morgan fingerprint density at radius 1 is 0.977 bits per heavy atom. The van der Waals surface area contributed by atoms with E-state index in [0.717, 1.165) is 66.1 Å². The number of pyridine rings is 1. The van der Waals surface area contributed by atoms with Crippen LogP contribution in [-0.4, -0.2) is 72.9 Å². The van der Waals surface area contributed by atoms with Crippen molar-refractivity contribution >= 4 is 27.3 Å². The van der Waals surface area contributed by atoms with E-state index in [1.54, 1.807) is 12.3 Å². The first kappa shape index (κ1) is 28.8. The molecule has 0 bridgehead atoms. The standard InChI is InChI=1S/C30H37FN10O2S/c31-11-13-32-21-4-6-22(7-5-21)36-26-16-29(34-18-25(26)27-15-23-3-1-2-14-40(23)39-27)37-28-10-12-33-30(38-28)20-17-35-41(19-20)44(42,43)24-8-9-24/h10,12,15-19,21-22,24,32H,1-9,11,13-14H2,(H2,33,34,36,37,38). The van der Waals surface area contributed by atoms with Gasteiger partial charge in [-0.05, 0) is 69.9 Å². The largest absolute Gasteiger partial charge is 0.382 e. The monoisotopic (exact) mass is 620 g/mol. The van der Waals surface area contributed by atoms with Crippen molar-refractivity contribution in [2.75, 3.05) is 23.9 Å². The molecule has 7 rings (SSSR count). The van der Waals surface area contributed by atoms with Gasteiger partial charge in [0.25, 0.3) is 10.0 Å². The lowest BCUT2D eigenvalue weighted by molar-refractivity contribution is 0.339. The second-order valence-electron chi connectivity index (χ2n) is 11.9. The van der Waals surface area contributed by atoms with Crippen LogP contribution in [0.2, 0.25) is 0 Å². The minimum Gasteiger partial charge on any atom is -0.382 e. The summed E-state index contributed by atoms with van der Waals surface area (Å²) in [6.07, 6.45) is 15.0. The van der Waals surface area contributed by atoms with Crippen molar-refractivity contribution in [3.05, 3.63) is 48.7 Å². The zero-order valence-electron chi connectivity index (χ0n) is 24.5. The molecular formula is C30H37FN10O2S. The highest BCUT2D eigenvalue weighted by Gasteiger charge is 2.37. The number of aryl methyl sites for hydroxylation is 2. The molecule has 14 heteroatoms. The Kier molecular flexibility index (Phi) is 8.02. The molecule has 0 radical (unpaired) electrons. The van der Waals surface area contributed by atoms with Gasteiger partial charge in [0.05, 0.1) is 28.9 Å². The van der Waals surface area contributed by atoms with Crippen LogP contribution in [0.5, 0.6) is 0 Å². The van der Waals surface area contributed by atoms with Crippen molar-refractivity contribution in [1.29, 1.82) is 0 Å². The summed E-state index contributed by atoms with van der Waals surface area (Å²) in [5.74, 6) is 1.50. The first-order valence-electron chi connectivity index (χ1n) is 15.5. The molecule has 2 saturated carbocycles. The van der Waals surface area contributed by atoms with Gasteiger partial charge in [0.1, 0.15) is 18.3 Å². The molecule has 0 amide bonds. The highest BCUT2D eigenvalue weighted by molar-refractivity contribution is 7.90. The zero-order valence-corrected chi connectivity index (χ0v) is 25.3. The Morgan fingerprint density at radius 3 is 2.61 bits per heavy atom. The molecule has 2 aliphatic carbocycles. The molecule has 0 unspecified atom stereocenters. The van der Waals surface area contributed by atoms with E-state index < -0.39 is 10.0 Å². The Balaban J connectivity index is 1.13. The number of anilines is 3. The lowest BCUT2D eigenvalue weighted by atomic mass is 9.91. The quantitative estimate of drug-likeness (QED) is 0.222. The normalized spacial score (nSPS) is 20.3. The third-order valence-corrected chi connectivity index (χ3v) is 10.7. The molecule has 44 heavy (non-hydrogen) atoms. The lowest BCUT2D eigenvalue weighted by Crippen LogP contribution is -2.37. The molecule has 0 spiro atoms. The summed E-state index contributed by atoms with van der Waals surface area (Å²) in [4.78, 5) is 13.7. The summed E-state index contributed by atoms with van der Waals surface area (Å²) in [5, 5.41) is 19.0. The molecule has 5 heterocycles. The second-order valence-corrected chi connectivity index (χ2v) is 14.0. The Hall–Kier alpha value is -3.91. The molecule has 4 aromatic rings. The third-order valence-electron chi connectivity index (χ3n) is 8.65. The Bertz CT molecular complexity index is 1700. The van der Waals surface area contributed by atoms with Gasteiger partial charge in [0.15, 0.2) is 5.82 Å². The fourth-order valence-corrected chi connectivity index (χ4v) is 7.57. The minimum absolute atomic E-state index is 0.277. The van der Waals surface area contributed by atoms with Crippen LogP contribution in [0, 0.1) is 0 Å². The van der Waals surface area contributed by atoms with Crippen LogP contribution in [0.4, 0.5) is 21.7 Å². The molecular weight excluding hydrogens is 583 g/mol. The highest BCUT2D eigenvalue weighted by Crippen LogP contribution is 2.34. The minimum atomic E-state index is -3.47. The second kappa shape index (κ2) is 12.2. The average molecular weight is 621 g/mol. The van der Waals surface area contributed by atoms with Gasteiger partial charge in [0, 0.05) is 60.6 Å². The van der Waals surface area contributed by atoms with E-state index in [2.05, 4.69) is 41.8 Å². The number of rotatable bonds is 11. The molecule has 4 aromatic heterocycles. The van der Waals surface area contributed by atoms with Crippen LogP contribution in [0.25, 0.3) is 22.6 Å². The van der Waals surface area contributed by atoms with Crippen LogP contribution < -0.4 is 16.0 Å².